The molecular formula is C29H32N2O3. The zero-order chi connectivity index (χ0) is 24.2. The maximum absolute atomic E-state index is 12.5. The smallest absolute Gasteiger partial charge is 0.313 e. The molecule has 0 aliphatic carbocycles. The summed E-state index contributed by atoms with van der Waals surface area (Å²) in [5.74, 6) is -0.348. The summed E-state index contributed by atoms with van der Waals surface area (Å²) >= 11 is 0. The number of pyridine rings is 1. The van der Waals surface area contributed by atoms with Gasteiger partial charge in [-0.2, -0.15) is 0 Å². The first-order chi connectivity index (χ1) is 16.6. The lowest BCUT2D eigenvalue weighted by Crippen LogP contribution is -2.18. The standard InChI is InChI=1S/C29H32N2O3/c1-3-34-29(33)27(26-12-8-18-30-21-26)19-24-16-14-23(15-17-24)11-7-13-28(22(2)32)31-20-25-9-5-4-6-10-25/h4-6,8-10,12,14-18,20-21,27,32H,3,7,11,13,19H2,1-2H3/b28-22-,31-20?. The summed E-state index contributed by atoms with van der Waals surface area (Å²) in [5, 5.41) is 10.0. The number of esters is 1. The van der Waals surface area contributed by atoms with Crippen LogP contribution in [0, 0.1) is 0 Å². The molecule has 0 saturated heterocycles. The first kappa shape index (κ1) is 24.9. The van der Waals surface area contributed by atoms with E-state index < -0.39 is 0 Å². The number of hydrogen-bond donors (Lipinski definition) is 1. The van der Waals surface area contributed by atoms with Gasteiger partial charge in [0.05, 0.1) is 18.2 Å². The maximum Gasteiger partial charge on any atom is 0.313 e. The van der Waals surface area contributed by atoms with E-state index in [9.17, 15) is 9.90 Å². The minimum Gasteiger partial charge on any atom is -0.511 e. The number of ether oxygens (including phenoxy) is 1. The molecule has 0 amide bonds. The molecule has 0 bridgehead atoms. The van der Waals surface area contributed by atoms with E-state index in [-0.39, 0.29) is 17.6 Å². The lowest BCUT2D eigenvalue weighted by molar-refractivity contribution is -0.144. The molecule has 0 spiro atoms. The maximum atomic E-state index is 12.5. The number of allylic oxidation sites excluding steroid dienone is 2. The topological polar surface area (TPSA) is 71.8 Å². The number of hydrogen-bond acceptors (Lipinski definition) is 5. The van der Waals surface area contributed by atoms with Gasteiger partial charge in [-0.1, -0.05) is 60.7 Å². The van der Waals surface area contributed by atoms with Gasteiger partial charge in [0.25, 0.3) is 0 Å². The number of aliphatic hydroxyl groups excluding tert-OH is 1. The molecule has 3 rings (SSSR count). The van der Waals surface area contributed by atoms with E-state index in [0.717, 1.165) is 29.5 Å². The number of carbonyl (C=O) groups excluding carboxylic acids is 1. The highest BCUT2D eigenvalue weighted by atomic mass is 16.5. The van der Waals surface area contributed by atoms with Crippen LogP contribution in [0.15, 0.2) is 95.6 Å². The Hall–Kier alpha value is -3.73. The fourth-order valence-corrected chi connectivity index (χ4v) is 3.73. The number of carbonyl (C=O) groups is 1. The molecule has 0 saturated carbocycles. The van der Waals surface area contributed by atoms with Crippen molar-refractivity contribution in [3.05, 3.63) is 113 Å². The van der Waals surface area contributed by atoms with E-state index in [4.69, 9.17) is 4.74 Å². The molecule has 1 heterocycles. The van der Waals surface area contributed by atoms with E-state index >= 15 is 0 Å². The van der Waals surface area contributed by atoms with Crippen LogP contribution in [0.4, 0.5) is 0 Å². The molecule has 1 unspecified atom stereocenters. The van der Waals surface area contributed by atoms with Crippen LogP contribution in [-0.2, 0) is 22.4 Å². The summed E-state index contributed by atoms with van der Waals surface area (Å²) in [5.41, 5.74) is 4.85. The summed E-state index contributed by atoms with van der Waals surface area (Å²) in [4.78, 5) is 21.2. The molecule has 1 atom stereocenters. The summed E-state index contributed by atoms with van der Waals surface area (Å²) in [7, 11) is 0. The van der Waals surface area contributed by atoms with E-state index in [2.05, 4.69) is 34.2 Å². The third-order valence-electron chi connectivity index (χ3n) is 5.59. The number of aliphatic hydroxyl groups is 1. The Morgan fingerprint density at radius 2 is 1.79 bits per heavy atom. The quantitative estimate of drug-likeness (QED) is 0.212. The second kappa shape index (κ2) is 13.1. The first-order valence-electron chi connectivity index (χ1n) is 11.7. The Morgan fingerprint density at radius 3 is 2.44 bits per heavy atom. The van der Waals surface area contributed by atoms with Crippen LogP contribution >= 0.6 is 0 Å². The van der Waals surface area contributed by atoms with Crippen molar-refractivity contribution in [2.24, 2.45) is 4.99 Å². The summed E-state index contributed by atoms with van der Waals surface area (Å²) < 4.78 is 5.29. The van der Waals surface area contributed by atoms with Gasteiger partial charge in [0, 0.05) is 18.6 Å². The van der Waals surface area contributed by atoms with E-state index in [1.54, 1.807) is 25.5 Å². The molecule has 34 heavy (non-hydrogen) atoms. The van der Waals surface area contributed by atoms with Crippen LogP contribution in [0.3, 0.4) is 0 Å². The van der Waals surface area contributed by atoms with Gasteiger partial charge in [0.1, 0.15) is 5.76 Å². The Labute approximate surface area is 201 Å². The van der Waals surface area contributed by atoms with Gasteiger partial charge in [-0.05, 0) is 67.9 Å². The number of benzene rings is 2. The molecule has 5 nitrogen and oxygen atoms in total. The Bertz CT molecular complexity index is 1090. The van der Waals surface area contributed by atoms with Crippen LogP contribution in [0.2, 0.25) is 0 Å². The molecular weight excluding hydrogens is 424 g/mol. The first-order valence-corrected chi connectivity index (χ1v) is 11.7. The average Bonchev–Trinajstić information content (AvgIpc) is 2.86. The highest BCUT2D eigenvalue weighted by Crippen LogP contribution is 2.23. The van der Waals surface area contributed by atoms with Crippen LogP contribution < -0.4 is 0 Å². The summed E-state index contributed by atoms with van der Waals surface area (Å²) in [6.45, 7) is 3.85. The van der Waals surface area contributed by atoms with Crippen molar-refractivity contribution in [1.29, 1.82) is 0 Å². The lowest BCUT2D eigenvalue weighted by atomic mass is 9.92. The second-order valence-corrected chi connectivity index (χ2v) is 8.17. The van der Waals surface area contributed by atoms with Crippen molar-refractivity contribution < 1.29 is 14.6 Å². The molecule has 1 aromatic heterocycles. The fraction of sp³-hybridized carbons (Fsp3) is 0.276. The van der Waals surface area contributed by atoms with Gasteiger partial charge in [-0.3, -0.25) is 14.8 Å². The van der Waals surface area contributed by atoms with Gasteiger partial charge in [-0.15, -0.1) is 0 Å². The number of nitrogens with zero attached hydrogens (tertiary/aromatic N) is 2. The lowest BCUT2D eigenvalue weighted by Gasteiger charge is -2.16. The average molecular weight is 457 g/mol. The highest BCUT2D eigenvalue weighted by Gasteiger charge is 2.22. The van der Waals surface area contributed by atoms with Gasteiger partial charge in [-0.25, -0.2) is 0 Å². The Kier molecular flexibility index (Phi) is 9.59. The van der Waals surface area contributed by atoms with Gasteiger partial charge in [0.2, 0.25) is 0 Å². The van der Waals surface area contributed by atoms with Crippen molar-refractivity contribution in [3.8, 4) is 0 Å². The van der Waals surface area contributed by atoms with Crippen molar-refractivity contribution in [2.45, 2.75) is 45.4 Å². The monoisotopic (exact) mass is 456 g/mol. The molecule has 1 N–H and O–H groups in total. The zero-order valence-corrected chi connectivity index (χ0v) is 19.9. The van der Waals surface area contributed by atoms with Crippen LogP contribution in [0.5, 0.6) is 0 Å². The van der Waals surface area contributed by atoms with Crippen molar-refractivity contribution in [3.63, 3.8) is 0 Å². The third kappa shape index (κ3) is 7.69. The molecule has 2 aromatic carbocycles. The van der Waals surface area contributed by atoms with Crippen LogP contribution in [0.1, 0.15) is 54.9 Å². The molecule has 5 heteroatoms. The highest BCUT2D eigenvalue weighted by molar-refractivity contribution is 5.80. The molecule has 0 fully saturated rings. The number of aryl methyl sites for hydroxylation is 1. The molecule has 0 aliphatic rings. The van der Waals surface area contributed by atoms with Gasteiger partial charge in [0.15, 0.2) is 0 Å². The van der Waals surface area contributed by atoms with Crippen molar-refractivity contribution >= 4 is 12.2 Å². The van der Waals surface area contributed by atoms with Gasteiger partial charge >= 0.3 is 5.97 Å². The summed E-state index contributed by atoms with van der Waals surface area (Å²) in [6, 6.07) is 21.9. The fourth-order valence-electron chi connectivity index (χ4n) is 3.73. The minimum atomic E-state index is -0.373. The summed E-state index contributed by atoms with van der Waals surface area (Å²) in [6.07, 6.45) is 8.22. The SMILES string of the molecule is CCOC(=O)C(Cc1ccc(CCC/C(N=Cc2ccccc2)=C(\C)O)cc1)c1cccnc1. The Morgan fingerprint density at radius 1 is 1.06 bits per heavy atom. The normalized spacial score (nSPS) is 12.9. The van der Waals surface area contributed by atoms with Crippen molar-refractivity contribution in [2.75, 3.05) is 6.61 Å². The predicted molar refractivity (Wildman–Crippen MR) is 136 cm³/mol. The minimum absolute atomic E-state index is 0.227. The van der Waals surface area contributed by atoms with Crippen LogP contribution in [0.25, 0.3) is 0 Å². The van der Waals surface area contributed by atoms with E-state index in [1.807, 2.05) is 49.4 Å². The Balaban J connectivity index is 1.58. The largest absolute Gasteiger partial charge is 0.511 e. The molecule has 0 radical (unpaired) electrons. The number of aromatic nitrogens is 1. The molecule has 3 aromatic rings. The number of rotatable bonds is 11. The van der Waals surface area contributed by atoms with Crippen LogP contribution in [-0.4, -0.2) is 28.9 Å². The third-order valence-corrected chi connectivity index (χ3v) is 5.59. The van der Waals surface area contributed by atoms with E-state index in [0.29, 0.717) is 25.1 Å². The molecule has 176 valence electrons. The predicted octanol–water partition coefficient (Wildman–Crippen LogP) is 6.20. The second-order valence-electron chi connectivity index (χ2n) is 8.17. The zero-order valence-electron chi connectivity index (χ0n) is 19.9. The van der Waals surface area contributed by atoms with Gasteiger partial charge < -0.3 is 9.84 Å². The molecule has 0 aliphatic heterocycles. The van der Waals surface area contributed by atoms with Crippen molar-refractivity contribution in [1.82, 2.24) is 4.98 Å². The van der Waals surface area contributed by atoms with E-state index in [1.165, 1.54) is 5.56 Å². The number of aliphatic imine (C=N–C) groups is 1.